The second kappa shape index (κ2) is 6.28. The monoisotopic (exact) mass is 394 g/mol. The van der Waals surface area contributed by atoms with E-state index in [0.717, 1.165) is 10.9 Å². The summed E-state index contributed by atoms with van der Waals surface area (Å²) in [7, 11) is 0. The van der Waals surface area contributed by atoms with Gasteiger partial charge >= 0.3 is 0 Å². The van der Waals surface area contributed by atoms with E-state index in [9.17, 15) is 4.39 Å². The quantitative estimate of drug-likeness (QED) is 0.459. The van der Waals surface area contributed by atoms with Gasteiger partial charge in [0.1, 0.15) is 22.1 Å². The summed E-state index contributed by atoms with van der Waals surface area (Å²) in [6.07, 6.45) is 4.97. The van der Waals surface area contributed by atoms with E-state index in [2.05, 4.69) is 30.1 Å². The van der Waals surface area contributed by atoms with E-state index in [-0.39, 0.29) is 22.0 Å². The number of fused-ring (bicyclic) bond motifs is 2. The van der Waals surface area contributed by atoms with Crippen molar-refractivity contribution in [2.75, 3.05) is 0 Å². The van der Waals surface area contributed by atoms with E-state index in [1.54, 1.807) is 43.7 Å². The van der Waals surface area contributed by atoms with Crippen molar-refractivity contribution in [3.05, 3.63) is 59.5 Å². The molecule has 0 saturated heterocycles. The fourth-order valence-corrected chi connectivity index (χ4v) is 3.23. The first-order valence-electron chi connectivity index (χ1n) is 8.37. The lowest BCUT2D eigenvalue weighted by molar-refractivity contribution is 0.446. The van der Waals surface area contributed by atoms with Crippen LogP contribution in [-0.4, -0.2) is 30.1 Å². The van der Waals surface area contributed by atoms with Crippen molar-refractivity contribution in [3.8, 4) is 22.9 Å². The summed E-state index contributed by atoms with van der Waals surface area (Å²) in [6, 6.07) is 6.67. The highest BCUT2D eigenvalue weighted by Crippen LogP contribution is 2.37. The van der Waals surface area contributed by atoms with E-state index in [1.165, 1.54) is 6.07 Å². The molecule has 0 saturated carbocycles. The van der Waals surface area contributed by atoms with Crippen LogP contribution in [0.4, 0.5) is 4.39 Å². The zero-order chi connectivity index (χ0) is 19.3. The summed E-state index contributed by atoms with van der Waals surface area (Å²) < 4.78 is 20.5. The van der Waals surface area contributed by atoms with E-state index >= 15 is 0 Å². The van der Waals surface area contributed by atoms with Crippen LogP contribution in [0, 0.1) is 12.7 Å². The molecule has 0 spiro atoms. The summed E-state index contributed by atoms with van der Waals surface area (Å²) in [5.41, 5.74) is 2.05. The second-order valence-electron chi connectivity index (χ2n) is 6.19. The molecule has 5 rings (SSSR count). The zero-order valence-electron chi connectivity index (χ0n) is 14.5. The normalized spacial score (nSPS) is 11.4. The minimum atomic E-state index is -0.556. The Hall–Kier alpha value is -3.52. The molecule has 3 aromatic heterocycles. The molecule has 9 heteroatoms. The Bertz CT molecular complexity index is 1330. The Morgan fingerprint density at radius 2 is 1.89 bits per heavy atom. The van der Waals surface area contributed by atoms with Gasteiger partial charge in [0.25, 0.3) is 0 Å². The maximum absolute atomic E-state index is 14.8. The highest BCUT2D eigenvalue weighted by molar-refractivity contribution is 6.36. The molecule has 0 atom stereocenters. The van der Waals surface area contributed by atoms with Gasteiger partial charge in [-0.3, -0.25) is 5.10 Å². The maximum Gasteiger partial charge on any atom is 0.193 e. The number of nitrogens with one attached hydrogen (secondary N) is 2. The Kier molecular flexibility index (Phi) is 3.73. The predicted octanol–water partition coefficient (Wildman–Crippen LogP) is 4.79. The van der Waals surface area contributed by atoms with Crippen LogP contribution in [0.5, 0.6) is 11.5 Å². The number of aromatic nitrogens is 6. The summed E-state index contributed by atoms with van der Waals surface area (Å²) in [6.45, 7) is 1.76. The molecule has 7 nitrogen and oxygen atoms in total. The van der Waals surface area contributed by atoms with Gasteiger partial charge in [-0.15, -0.1) is 0 Å². The van der Waals surface area contributed by atoms with Crippen molar-refractivity contribution in [1.82, 2.24) is 30.1 Å². The standard InChI is InChI=1S/C19H12ClFN6O/c1-9-25-12-3-5-14(16(21)18(12)26-9)28-13-4-2-10-6-22-19(11-7-23-24-8-11)27-17(10)15(13)20/h2-8H,1H3,(H,23,24)(H,25,26). The van der Waals surface area contributed by atoms with Crippen LogP contribution < -0.4 is 4.74 Å². The summed E-state index contributed by atoms with van der Waals surface area (Å²) in [5.74, 6) is 0.860. The van der Waals surface area contributed by atoms with Gasteiger partial charge in [0.15, 0.2) is 17.4 Å². The molecular weight excluding hydrogens is 383 g/mol. The van der Waals surface area contributed by atoms with Gasteiger partial charge in [-0.1, -0.05) is 11.6 Å². The van der Waals surface area contributed by atoms with Gasteiger partial charge in [0.05, 0.1) is 22.8 Å². The number of H-pyrrole nitrogens is 2. The Morgan fingerprint density at radius 1 is 1.04 bits per heavy atom. The van der Waals surface area contributed by atoms with Crippen LogP contribution in [0.15, 0.2) is 42.9 Å². The van der Waals surface area contributed by atoms with E-state index < -0.39 is 5.82 Å². The molecule has 0 aliphatic rings. The molecule has 0 fully saturated rings. The molecule has 2 N–H and O–H groups in total. The number of imidazole rings is 1. The lowest BCUT2D eigenvalue weighted by Gasteiger charge is -2.10. The second-order valence-corrected chi connectivity index (χ2v) is 6.57. The van der Waals surface area contributed by atoms with Crippen LogP contribution in [-0.2, 0) is 0 Å². The molecule has 3 heterocycles. The fourth-order valence-electron chi connectivity index (χ4n) is 2.98. The third-order valence-electron chi connectivity index (χ3n) is 4.31. The van der Waals surface area contributed by atoms with Crippen LogP contribution >= 0.6 is 11.6 Å². The van der Waals surface area contributed by atoms with Crippen LogP contribution in [0.3, 0.4) is 0 Å². The fraction of sp³-hybridized carbons (Fsp3) is 0.0526. The molecule has 0 aliphatic carbocycles. The molecule has 0 radical (unpaired) electrons. The van der Waals surface area contributed by atoms with E-state index in [4.69, 9.17) is 16.3 Å². The number of rotatable bonds is 3. The molecule has 138 valence electrons. The van der Waals surface area contributed by atoms with Gasteiger partial charge in [-0.2, -0.15) is 5.10 Å². The number of hydrogen-bond donors (Lipinski definition) is 2. The first-order valence-corrected chi connectivity index (χ1v) is 8.75. The van der Waals surface area contributed by atoms with Crippen molar-refractivity contribution >= 4 is 33.5 Å². The highest BCUT2D eigenvalue weighted by atomic mass is 35.5. The largest absolute Gasteiger partial charge is 0.453 e. The maximum atomic E-state index is 14.8. The van der Waals surface area contributed by atoms with Crippen molar-refractivity contribution in [2.45, 2.75) is 6.92 Å². The molecule has 0 bridgehead atoms. The average Bonchev–Trinajstić information content (AvgIpc) is 3.35. The lowest BCUT2D eigenvalue weighted by Crippen LogP contribution is -1.94. The van der Waals surface area contributed by atoms with Crippen LogP contribution in [0.25, 0.3) is 33.3 Å². The number of nitrogens with zero attached hydrogens (tertiary/aromatic N) is 4. The number of ether oxygens (including phenoxy) is 1. The third-order valence-corrected chi connectivity index (χ3v) is 4.67. The van der Waals surface area contributed by atoms with Crippen LogP contribution in [0.2, 0.25) is 5.02 Å². The highest BCUT2D eigenvalue weighted by Gasteiger charge is 2.16. The molecule has 0 amide bonds. The SMILES string of the molecule is Cc1nc2c(F)c(Oc3ccc4cnc(-c5cn[nH]c5)nc4c3Cl)ccc2[nH]1. The van der Waals surface area contributed by atoms with Crippen molar-refractivity contribution < 1.29 is 9.13 Å². The van der Waals surface area contributed by atoms with Gasteiger partial charge in [0.2, 0.25) is 0 Å². The van der Waals surface area contributed by atoms with E-state index in [1.807, 2.05) is 0 Å². The average molecular weight is 395 g/mol. The summed E-state index contributed by atoms with van der Waals surface area (Å²) >= 11 is 6.52. The number of aryl methyl sites for hydroxylation is 1. The first-order chi connectivity index (χ1) is 13.6. The zero-order valence-corrected chi connectivity index (χ0v) is 15.3. The van der Waals surface area contributed by atoms with Gasteiger partial charge < -0.3 is 9.72 Å². The smallest absolute Gasteiger partial charge is 0.193 e. The molecule has 2 aromatic carbocycles. The Labute approximate surface area is 162 Å². The third kappa shape index (κ3) is 2.66. The number of halogens is 2. The van der Waals surface area contributed by atoms with E-state index in [0.29, 0.717) is 22.7 Å². The van der Waals surface area contributed by atoms with Crippen LogP contribution in [0.1, 0.15) is 5.82 Å². The van der Waals surface area contributed by atoms with Crippen molar-refractivity contribution in [3.63, 3.8) is 0 Å². The molecule has 28 heavy (non-hydrogen) atoms. The minimum absolute atomic E-state index is 0.0318. The van der Waals surface area contributed by atoms with Gasteiger partial charge in [-0.25, -0.2) is 19.3 Å². The first kappa shape index (κ1) is 16.6. The topological polar surface area (TPSA) is 92.4 Å². The molecule has 0 unspecified atom stereocenters. The van der Waals surface area contributed by atoms with Crippen molar-refractivity contribution in [1.29, 1.82) is 0 Å². The number of hydrogen-bond acceptors (Lipinski definition) is 5. The number of benzene rings is 2. The van der Waals surface area contributed by atoms with Crippen molar-refractivity contribution in [2.24, 2.45) is 0 Å². The van der Waals surface area contributed by atoms with Gasteiger partial charge in [0, 0.05) is 17.8 Å². The summed E-state index contributed by atoms with van der Waals surface area (Å²) in [4.78, 5) is 16.0. The molecule has 0 aliphatic heterocycles. The minimum Gasteiger partial charge on any atom is -0.453 e. The summed E-state index contributed by atoms with van der Waals surface area (Å²) in [5, 5.41) is 7.62. The predicted molar refractivity (Wildman–Crippen MR) is 103 cm³/mol. The molecule has 5 aromatic rings. The Morgan fingerprint density at radius 3 is 2.71 bits per heavy atom. The molecular formula is C19H12ClFN6O. The Balaban J connectivity index is 1.59. The van der Waals surface area contributed by atoms with Gasteiger partial charge in [-0.05, 0) is 31.2 Å². The number of aromatic amines is 2. The lowest BCUT2D eigenvalue weighted by atomic mass is 10.2.